The van der Waals surface area contributed by atoms with Crippen LogP contribution < -0.4 is 9.47 Å². The predicted octanol–water partition coefficient (Wildman–Crippen LogP) is 2.77. The van der Waals surface area contributed by atoms with Gasteiger partial charge in [0.15, 0.2) is 0 Å². The molecule has 1 aromatic carbocycles. The number of nitro groups is 1. The maximum Gasteiger partial charge on any atom is 0.514 e. The van der Waals surface area contributed by atoms with Crippen molar-refractivity contribution in [3.63, 3.8) is 0 Å². The second-order valence-electron chi connectivity index (χ2n) is 8.41. The summed E-state index contributed by atoms with van der Waals surface area (Å²) in [7, 11) is 2.98. The van der Waals surface area contributed by atoms with Crippen LogP contribution in [-0.2, 0) is 32.7 Å². The standard InChI is InChI=1S/C24H25N5O9/c1-14-21(37-18-10-15(11-35-12-18)23(30)34-3)9-8-19(25-14)22-20(28(2)27-26-22)13-36-24(31)38-17-6-4-16(5-7-17)29(32)33/h4-9,15,18H,10-13H2,1-3H3/t15-,18-/m0/s1. The number of esters is 1. The van der Waals surface area contributed by atoms with Crippen LogP contribution in [0.1, 0.15) is 17.8 Å². The molecule has 2 aromatic heterocycles. The highest BCUT2D eigenvalue weighted by molar-refractivity contribution is 5.72. The van der Waals surface area contributed by atoms with Crippen LogP contribution in [0.2, 0.25) is 0 Å². The van der Waals surface area contributed by atoms with Gasteiger partial charge in [0.1, 0.15) is 35.6 Å². The average molecular weight is 527 g/mol. The minimum absolute atomic E-state index is 0.0955. The normalized spacial score (nSPS) is 16.9. The van der Waals surface area contributed by atoms with E-state index >= 15 is 0 Å². The van der Waals surface area contributed by atoms with Crippen LogP contribution >= 0.6 is 0 Å². The fourth-order valence-electron chi connectivity index (χ4n) is 3.82. The fraction of sp³-hybridized carbons (Fsp3) is 0.375. The summed E-state index contributed by atoms with van der Waals surface area (Å²) >= 11 is 0. The summed E-state index contributed by atoms with van der Waals surface area (Å²) in [6, 6.07) is 8.45. The monoisotopic (exact) mass is 527 g/mol. The zero-order chi connectivity index (χ0) is 27.2. The number of hydrogen-bond acceptors (Lipinski definition) is 12. The van der Waals surface area contributed by atoms with Crippen molar-refractivity contribution < 1.29 is 38.2 Å². The first-order valence-corrected chi connectivity index (χ1v) is 11.5. The van der Waals surface area contributed by atoms with Crippen LogP contribution in [0.3, 0.4) is 0 Å². The van der Waals surface area contributed by atoms with E-state index in [0.29, 0.717) is 48.2 Å². The summed E-state index contributed by atoms with van der Waals surface area (Å²) in [4.78, 5) is 38.8. The number of pyridine rings is 1. The third kappa shape index (κ3) is 6.21. The minimum atomic E-state index is -1.00. The number of carbonyl (C=O) groups is 2. The lowest BCUT2D eigenvalue weighted by atomic mass is 10.0. The van der Waals surface area contributed by atoms with Gasteiger partial charge < -0.3 is 23.7 Å². The maximum atomic E-state index is 12.2. The molecule has 1 aliphatic rings. The van der Waals surface area contributed by atoms with Gasteiger partial charge in [-0.15, -0.1) is 5.10 Å². The number of carbonyl (C=O) groups excluding carboxylic acids is 2. The van der Waals surface area contributed by atoms with E-state index in [-0.39, 0.29) is 36.0 Å². The molecule has 0 N–H and O–H groups in total. The average Bonchev–Trinajstić information content (AvgIpc) is 3.28. The molecule has 0 radical (unpaired) electrons. The summed E-state index contributed by atoms with van der Waals surface area (Å²) in [6.45, 7) is 2.20. The number of methoxy groups -OCH3 is 1. The Morgan fingerprint density at radius 2 is 1.95 bits per heavy atom. The van der Waals surface area contributed by atoms with E-state index in [1.165, 1.54) is 36.1 Å². The van der Waals surface area contributed by atoms with E-state index in [0.717, 1.165) is 0 Å². The zero-order valence-electron chi connectivity index (χ0n) is 20.9. The Morgan fingerprint density at radius 1 is 1.18 bits per heavy atom. The van der Waals surface area contributed by atoms with Gasteiger partial charge in [0.25, 0.3) is 5.69 Å². The van der Waals surface area contributed by atoms with Crippen LogP contribution in [-0.4, -0.2) is 63.5 Å². The van der Waals surface area contributed by atoms with E-state index in [9.17, 15) is 19.7 Å². The molecule has 0 aliphatic carbocycles. The van der Waals surface area contributed by atoms with Gasteiger partial charge in [-0.2, -0.15) is 0 Å². The molecule has 1 aliphatic heterocycles. The molecule has 2 atom stereocenters. The van der Waals surface area contributed by atoms with E-state index in [4.69, 9.17) is 23.7 Å². The van der Waals surface area contributed by atoms with Gasteiger partial charge in [0.2, 0.25) is 0 Å². The Kier molecular flexibility index (Phi) is 8.11. The molecule has 0 spiro atoms. The van der Waals surface area contributed by atoms with Gasteiger partial charge in [0, 0.05) is 25.6 Å². The molecule has 14 heteroatoms. The number of non-ortho nitro benzene ring substituents is 1. The van der Waals surface area contributed by atoms with Crippen molar-refractivity contribution in [3.8, 4) is 22.9 Å². The zero-order valence-corrected chi connectivity index (χ0v) is 20.9. The molecule has 38 heavy (non-hydrogen) atoms. The quantitative estimate of drug-likeness (QED) is 0.182. The maximum absolute atomic E-state index is 12.2. The molecule has 4 rings (SSSR count). The third-order valence-electron chi connectivity index (χ3n) is 5.80. The molecule has 1 saturated heterocycles. The molecule has 1 fully saturated rings. The van der Waals surface area contributed by atoms with Crippen molar-refractivity contribution in [2.24, 2.45) is 13.0 Å². The summed E-state index contributed by atoms with van der Waals surface area (Å²) in [6.07, 6.45) is -0.865. The topological polar surface area (TPSA) is 167 Å². The largest absolute Gasteiger partial charge is 0.514 e. The number of aromatic nitrogens is 4. The minimum Gasteiger partial charge on any atom is -0.486 e. The number of rotatable bonds is 8. The van der Waals surface area contributed by atoms with Gasteiger partial charge in [0.05, 0.1) is 42.6 Å². The summed E-state index contributed by atoms with van der Waals surface area (Å²) in [5.74, 6) is -0.0996. The van der Waals surface area contributed by atoms with Crippen molar-refractivity contribution in [2.75, 3.05) is 20.3 Å². The molecule has 3 heterocycles. The van der Waals surface area contributed by atoms with Gasteiger partial charge in [-0.05, 0) is 31.2 Å². The molecule has 0 amide bonds. The fourth-order valence-corrected chi connectivity index (χ4v) is 3.82. The highest BCUT2D eigenvalue weighted by Crippen LogP contribution is 2.27. The second-order valence-corrected chi connectivity index (χ2v) is 8.41. The van der Waals surface area contributed by atoms with Crippen molar-refractivity contribution in [1.29, 1.82) is 0 Å². The molecule has 200 valence electrons. The lowest BCUT2D eigenvalue weighted by Gasteiger charge is -2.28. The molecular formula is C24H25N5O9. The summed E-state index contributed by atoms with van der Waals surface area (Å²) < 4.78 is 28.0. The first kappa shape index (κ1) is 26.5. The number of benzene rings is 1. The van der Waals surface area contributed by atoms with Crippen LogP contribution in [0.15, 0.2) is 36.4 Å². The molecule has 0 saturated carbocycles. The van der Waals surface area contributed by atoms with Crippen LogP contribution in [0.5, 0.6) is 11.5 Å². The van der Waals surface area contributed by atoms with E-state index in [2.05, 4.69) is 15.3 Å². The Hall–Kier alpha value is -4.59. The highest BCUT2D eigenvalue weighted by atomic mass is 16.7. The second kappa shape index (κ2) is 11.6. The van der Waals surface area contributed by atoms with E-state index in [1.54, 1.807) is 26.1 Å². The number of ether oxygens (including phenoxy) is 5. The van der Waals surface area contributed by atoms with E-state index in [1.807, 2.05) is 0 Å². The summed E-state index contributed by atoms with van der Waals surface area (Å²) in [5, 5.41) is 18.9. The van der Waals surface area contributed by atoms with Crippen molar-refractivity contribution in [1.82, 2.24) is 20.0 Å². The molecule has 0 unspecified atom stereocenters. The van der Waals surface area contributed by atoms with Crippen molar-refractivity contribution in [3.05, 3.63) is 57.9 Å². The van der Waals surface area contributed by atoms with Crippen LogP contribution in [0.4, 0.5) is 10.5 Å². The predicted molar refractivity (Wildman–Crippen MR) is 128 cm³/mol. The Balaban J connectivity index is 1.40. The molecule has 3 aromatic rings. The third-order valence-corrected chi connectivity index (χ3v) is 5.80. The van der Waals surface area contributed by atoms with Crippen molar-refractivity contribution in [2.45, 2.75) is 26.1 Å². The lowest BCUT2D eigenvalue weighted by Crippen LogP contribution is -2.37. The Bertz CT molecular complexity index is 1330. The number of aryl methyl sites for hydroxylation is 2. The van der Waals surface area contributed by atoms with Gasteiger partial charge in [-0.25, -0.2) is 14.5 Å². The van der Waals surface area contributed by atoms with E-state index < -0.39 is 11.1 Å². The van der Waals surface area contributed by atoms with Crippen molar-refractivity contribution >= 4 is 17.8 Å². The number of nitro benzene ring substituents is 1. The summed E-state index contributed by atoms with van der Waals surface area (Å²) in [5.41, 5.74) is 1.80. The SMILES string of the molecule is COC(=O)[C@@H]1COC[C@@H](Oc2ccc(-c3nnn(C)c3COC(=O)Oc3ccc([N+](=O)[O-])cc3)nc2C)C1. The van der Waals surface area contributed by atoms with Crippen LogP contribution in [0.25, 0.3) is 11.4 Å². The highest BCUT2D eigenvalue weighted by Gasteiger charge is 2.30. The Labute approximate surface area is 216 Å². The van der Waals surface area contributed by atoms with Gasteiger partial charge in [-0.1, -0.05) is 5.21 Å². The van der Waals surface area contributed by atoms with Gasteiger partial charge >= 0.3 is 12.1 Å². The Morgan fingerprint density at radius 3 is 2.63 bits per heavy atom. The smallest absolute Gasteiger partial charge is 0.486 e. The lowest BCUT2D eigenvalue weighted by molar-refractivity contribution is -0.384. The first-order valence-electron chi connectivity index (χ1n) is 11.5. The molecule has 14 nitrogen and oxygen atoms in total. The molecule has 0 bridgehead atoms. The number of nitrogens with zero attached hydrogens (tertiary/aromatic N) is 5. The first-order chi connectivity index (χ1) is 18.2. The van der Waals surface area contributed by atoms with Gasteiger partial charge in [-0.3, -0.25) is 14.9 Å². The number of hydrogen-bond donors (Lipinski definition) is 0. The van der Waals surface area contributed by atoms with Crippen LogP contribution in [0, 0.1) is 23.0 Å². The molecular weight excluding hydrogens is 502 g/mol.